The number of nitrogens with one attached hydrogen (secondary N) is 3. The summed E-state index contributed by atoms with van der Waals surface area (Å²) in [7, 11) is -4.33. The second kappa shape index (κ2) is 12.1. The van der Waals surface area contributed by atoms with Crippen LogP contribution in [0.3, 0.4) is 0 Å². The Morgan fingerprint density at radius 2 is 1.88 bits per heavy atom. The van der Waals surface area contributed by atoms with Crippen LogP contribution in [0.2, 0.25) is 0 Å². The number of rotatable bonds is 4. The van der Waals surface area contributed by atoms with Gasteiger partial charge >= 0.3 is 6.09 Å². The molecule has 1 saturated carbocycles. The number of nitrogens with zero attached hydrogens (tertiary/aromatic N) is 2. The van der Waals surface area contributed by atoms with E-state index in [1.165, 1.54) is 18.7 Å². The Bertz CT molecular complexity index is 1340. The van der Waals surface area contributed by atoms with Gasteiger partial charge in [-0.3, -0.25) is 14.4 Å². The highest BCUT2D eigenvalue weighted by Gasteiger charge is 2.61. The van der Waals surface area contributed by atoms with E-state index in [9.17, 15) is 27.6 Å². The topological polar surface area (TPSA) is 177 Å². The lowest BCUT2D eigenvalue weighted by Gasteiger charge is -2.30. The Balaban J connectivity index is 1.57. The maximum Gasteiger partial charge on any atom is 0.408 e. The smallest absolute Gasteiger partial charge is 0.408 e. The SMILES string of the molecule is Cc1noc(C)c1S(=O)(=O)NC(=O)[C@@]12C[C@H]1C=CCCCCC[C@H](NC(=O)OC(C)(C)C)C(=O)N1CCC[C@H]1C(=O)N2. The first-order chi connectivity index (χ1) is 19.6. The number of aryl methyl sites for hydroxylation is 2. The van der Waals surface area contributed by atoms with Crippen molar-refractivity contribution in [1.29, 1.82) is 0 Å². The van der Waals surface area contributed by atoms with E-state index in [1.54, 1.807) is 20.8 Å². The van der Waals surface area contributed by atoms with Gasteiger partial charge in [-0.1, -0.05) is 30.2 Å². The van der Waals surface area contributed by atoms with Crippen LogP contribution in [0.25, 0.3) is 0 Å². The molecular formula is C28H41N5O8S. The Morgan fingerprint density at radius 3 is 2.55 bits per heavy atom. The largest absolute Gasteiger partial charge is 0.444 e. The van der Waals surface area contributed by atoms with Gasteiger partial charge in [0.1, 0.15) is 28.9 Å². The van der Waals surface area contributed by atoms with Crippen molar-refractivity contribution >= 4 is 33.8 Å². The average molecular weight is 608 g/mol. The minimum absolute atomic E-state index is 0.0401. The molecule has 3 aliphatic rings. The van der Waals surface area contributed by atoms with E-state index in [0.29, 0.717) is 38.6 Å². The lowest BCUT2D eigenvalue weighted by Crippen LogP contribution is -2.58. The predicted molar refractivity (Wildman–Crippen MR) is 150 cm³/mol. The molecule has 14 heteroatoms. The monoisotopic (exact) mass is 607 g/mol. The van der Waals surface area contributed by atoms with Gasteiger partial charge in [0.05, 0.1) is 0 Å². The number of carbonyl (C=O) groups is 4. The third-order valence-electron chi connectivity index (χ3n) is 7.79. The summed E-state index contributed by atoms with van der Waals surface area (Å²) < 4.78 is 38.7. The molecule has 0 aromatic carbocycles. The van der Waals surface area contributed by atoms with E-state index >= 15 is 0 Å². The number of hydrogen-bond donors (Lipinski definition) is 3. The Kier molecular flexibility index (Phi) is 9.05. The maximum atomic E-state index is 13.7. The highest BCUT2D eigenvalue weighted by Crippen LogP contribution is 2.46. The number of fused-ring (bicyclic) bond motifs is 2. The van der Waals surface area contributed by atoms with Crippen molar-refractivity contribution in [2.24, 2.45) is 5.92 Å². The molecule has 1 aromatic heterocycles. The van der Waals surface area contributed by atoms with Crippen LogP contribution in [-0.2, 0) is 29.1 Å². The molecule has 0 bridgehead atoms. The summed E-state index contributed by atoms with van der Waals surface area (Å²) in [5.74, 6) is -2.18. The standard InChI is InChI=1S/C28H41N5O8S/c1-17-22(18(2)41-31-17)42(38,39)32-25(36)28-16-19(28)12-9-7-6-8-10-13-20(29-26(37)40-27(3,4)5)24(35)33-15-11-14-21(33)23(34)30-28/h9,12,19-21H,6-8,10-11,13-16H2,1-5H3,(H,29,37)(H,30,34)(H,32,36)/t19-,20+,21+,28-/m1/s1. The van der Waals surface area contributed by atoms with Crippen LogP contribution in [0.4, 0.5) is 4.79 Å². The minimum atomic E-state index is -4.33. The van der Waals surface area contributed by atoms with Gasteiger partial charge in [0, 0.05) is 12.5 Å². The summed E-state index contributed by atoms with van der Waals surface area (Å²) >= 11 is 0. The molecule has 1 aromatic rings. The molecule has 2 fully saturated rings. The lowest BCUT2D eigenvalue weighted by molar-refractivity contribution is -0.141. The van der Waals surface area contributed by atoms with Crippen molar-refractivity contribution in [1.82, 2.24) is 25.4 Å². The van der Waals surface area contributed by atoms with Crippen LogP contribution >= 0.6 is 0 Å². The second-order valence-corrected chi connectivity index (χ2v) is 13.9. The van der Waals surface area contributed by atoms with E-state index in [0.717, 1.165) is 12.8 Å². The van der Waals surface area contributed by atoms with Gasteiger partial charge in [0.15, 0.2) is 10.7 Å². The lowest BCUT2D eigenvalue weighted by atomic mass is 10.0. The zero-order valence-electron chi connectivity index (χ0n) is 24.8. The van der Waals surface area contributed by atoms with Gasteiger partial charge in [-0.2, -0.15) is 0 Å². The number of aromatic nitrogens is 1. The molecule has 42 heavy (non-hydrogen) atoms. The molecule has 0 radical (unpaired) electrons. The first kappa shape index (κ1) is 31.5. The van der Waals surface area contributed by atoms with Gasteiger partial charge < -0.3 is 24.8 Å². The highest BCUT2D eigenvalue weighted by atomic mass is 32.2. The summed E-state index contributed by atoms with van der Waals surface area (Å²) in [5, 5.41) is 9.16. The number of carbonyl (C=O) groups excluding carboxylic acids is 4. The van der Waals surface area contributed by atoms with Crippen molar-refractivity contribution in [2.75, 3.05) is 6.54 Å². The molecule has 4 amide bonds. The van der Waals surface area contributed by atoms with Crippen LogP contribution in [0.5, 0.6) is 0 Å². The van der Waals surface area contributed by atoms with Crippen LogP contribution in [0.1, 0.15) is 83.6 Å². The zero-order valence-corrected chi connectivity index (χ0v) is 25.6. The summed E-state index contributed by atoms with van der Waals surface area (Å²) in [6, 6.07) is -1.75. The van der Waals surface area contributed by atoms with Crippen molar-refractivity contribution < 1.29 is 36.9 Å². The van der Waals surface area contributed by atoms with Crippen molar-refractivity contribution in [2.45, 2.75) is 114 Å². The second-order valence-electron chi connectivity index (χ2n) is 12.3. The number of ether oxygens (including phenoxy) is 1. The number of alkyl carbamates (subject to hydrolysis) is 1. The summed E-state index contributed by atoms with van der Waals surface area (Å²) in [5.41, 5.74) is -2.13. The van der Waals surface area contributed by atoms with Gasteiger partial charge in [-0.15, -0.1) is 0 Å². The zero-order chi connectivity index (χ0) is 30.9. The molecule has 13 nitrogen and oxygen atoms in total. The van der Waals surface area contributed by atoms with Crippen molar-refractivity contribution in [3.8, 4) is 0 Å². The van der Waals surface area contributed by atoms with Gasteiger partial charge in [0.2, 0.25) is 11.8 Å². The van der Waals surface area contributed by atoms with Gasteiger partial charge in [0.25, 0.3) is 15.9 Å². The number of hydrogen-bond acceptors (Lipinski definition) is 9. The molecule has 1 saturated heterocycles. The van der Waals surface area contributed by atoms with E-state index in [-0.39, 0.29) is 22.8 Å². The fraction of sp³-hybridized carbons (Fsp3) is 0.679. The average Bonchev–Trinajstić information content (AvgIpc) is 3.18. The quantitative estimate of drug-likeness (QED) is 0.434. The molecule has 0 unspecified atom stereocenters. The molecular weight excluding hydrogens is 566 g/mol. The van der Waals surface area contributed by atoms with Crippen LogP contribution in [-0.4, -0.2) is 72.1 Å². The minimum Gasteiger partial charge on any atom is -0.444 e. The fourth-order valence-corrected chi connectivity index (χ4v) is 7.04. The molecule has 3 N–H and O–H groups in total. The first-order valence-corrected chi connectivity index (χ1v) is 15.9. The first-order valence-electron chi connectivity index (χ1n) is 14.4. The third kappa shape index (κ3) is 6.96. The van der Waals surface area contributed by atoms with Crippen molar-refractivity contribution in [3.05, 3.63) is 23.6 Å². The Labute approximate surface area is 246 Å². The molecule has 232 valence electrons. The Hall–Kier alpha value is -3.42. The maximum absolute atomic E-state index is 13.7. The predicted octanol–water partition coefficient (Wildman–Crippen LogP) is 2.38. The molecule has 4 rings (SSSR count). The van der Waals surface area contributed by atoms with E-state index in [1.807, 2.05) is 12.2 Å². The molecule has 0 spiro atoms. The van der Waals surface area contributed by atoms with Crippen LogP contribution in [0, 0.1) is 19.8 Å². The van der Waals surface area contributed by atoms with E-state index in [2.05, 4.69) is 20.5 Å². The van der Waals surface area contributed by atoms with Crippen LogP contribution < -0.4 is 15.4 Å². The molecule has 4 atom stereocenters. The number of amides is 4. The number of allylic oxidation sites excluding steroid dienone is 1. The van der Waals surface area contributed by atoms with Crippen LogP contribution in [0.15, 0.2) is 21.6 Å². The summed E-state index contributed by atoms with van der Waals surface area (Å²) in [6.45, 7) is 8.40. The van der Waals surface area contributed by atoms with Gasteiger partial charge in [-0.05, 0) is 73.1 Å². The normalized spacial score (nSPS) is 27.2. The fourth-order valence-electron chi connectivity index (χ4n) is 5.67. The third-order valence-corrected chi connectivity index (χ3v) is 9.36. The molecule has 1 aliphatic carbocycles. The molecule has 3 heterocycles. The van der Waals surface area contributed by atoms with Crippen molar-refractivity contribution in [3.63, 3.8) is 0 Å². The highest BCUT2D eigenvalue weighted by molar-refractivity contribution is 7.90. The van der Waals surface area contributed by atoms with Gasteiger partial charge in [-0.25, -0.2) is 17.9 Å². The summed E-state index contributed by atoms with van der Waals surface area (Å²) in [6.07, 6.45) is 7.58. The Morgan fingerprint density at radius 1 is 1.14 bits per heavy atom. The molecule has 2 aliphatic heterocycles. The van der Waals surface area contributed by atoms with E-state index in [4.69, 9.17) is 9.26 Å². The summed E-state index contributed by atoms with van der Waals surface area (Å²) in [4.78, 5) is 54.7. The number of sulfonamides is 1. The van der Waals surface area contributed by atoms with E-state index < -0.39 is 63.0 Å².